The van der Waals surface area contributed by atoms with Crippen molar-refractivity contribution in [1.29, 1.82) is 0 Å². The second-order valence-corrected chi connectivity index (χ2v) is 7.77. The first kappa shape index (κ1) is 16.5. The van der Waals surface area contributed by atoms with Crippen LogP contribution in [0.5, 0.6) is 5.75 Å². The number of ether oxygens (including phenoxy) is 2. The van der Waals surface area contributed by atoms with Crippen LogP contribution in [0.4, 0.5) is 0 Å². The molecule has 0 aromatic heterocycles. The van der Waals surface area contributed by atoms with Crippen LogP contribution in [0, 0.1) is 0 Å². The minimum Gasteiger partial charge on any atom is -0.465 e. The van der Waals surface area contributed by atoms with E-state index in [0.29, 0.717) is 6.61 Å². The molecule has 1 aromatic carbocycles. The summed E-state index contributed by atoms with van der Waals surface area (Å²) in [4.78, 5) is 12.3. The van der Waals surface area contributed by atoms with Gasteiger partial charge in [0, 0.05) is 16.5 Å². The van der Waals surface area contributed by atoms with Gasteiger partial charge in [-0.25, -0.2) is 0 Å². The van der Waals surface area contributed by atoms with Gasteiger partial charge in [0.1, 0.15) is 11.0 Å². The van der Waals surface area contributed by atoms with Crippen molar-refractivity contribution in [3.05, 3.63) is 64.7 Å². The molecule has 4 aliphatic rings. The fraction of sp³-hybridized carbons (Fsp3) is 0.174. The molecule has 2 heterocycles. The number of carbonyl (C=O) groups is 1. The number of thioether (sulfide) groups is 1. The minimum atomic E-state index is -0.264. The van der Waals surface area contributed by atoms with E-state index in [1.807, 2.05) is 13.0 Å². The van der Waals surface area contributed by atoms with Crippen molar-refractivity contribution in [1.82, 2.24) is 0 Å². The van der Waals surface area contributed by atoms with E-state index in [0.717, 1.165) is 38.5 Å². The third-order valence-electron chi connectivity index (χ3n) is 5.09. The highest BCUT2D eigenvalue weighted by molar-refractivity contribution is 8.00. The van der Waals surface area contributed by atoms with Crippen LogP contribution in [-0.4, -0.2) is 17.8 Å². The number of fused-ring (bicyclic) bond motifs is 7. The molecule has 3 nitrogen and oxygen atoms in total. The lowest BCUT2D eigenvalue weighted by Gasteiger charge is -2.18. The van der Waals surface area contributed by atoms with Gasteiger partial charge in [-0.2, -0.15) is 0 Å². The van der Waals surface area contributed by atoms with Gasteiger partial charge in [0.15, 0.2) is 0 Å². The smallest absolute Gasteiger partial charge is 0.323 e. The molecule has 1 aromatic rings. The first-order valence-electron chi connectivity index (χ1n) is 9.07. The van der Waals surface area contributed by atoms with Gasteiger partial charge in [-0.1, -0.05) is 36.4 Å². The molecule has 4 heteroatoms. The van der Waals surface area contributed by atoms with Crippen molar-refractivity contribution in [3.63, 3.8) is 0 Å². The molecule has 5 rings (SSSR count). The number of esters is 1. The van der Waals surface area contributed by atoms with Gasteiger partial charge in [-0.05, 0) is 52.3 Å². The summed E-state index contributed by atoms with van der Waals surface area (Å²) >= 11 is 1.62. The first-order chi connectivity index (χ1) is 13.3. The summed E-state index contributed by atoms with van der Waals surface area (Å²) in [5, 5.41) is 4.24. The van der Waals surface area contributed by atoms with Crippen LogP contribution < -0.4 is 15.2 Å². The molecule has 0 radical (unpaired) electrons. The van der Waals surface area contributed by atoms with Gasteiger partial charge >= 0.3 is 5.97 Å². The van der Waals surface area contributed by atoms with Crippen LogP contribution >= 0.6 is 11.8 Å². The van der Waals surface area contributed by atoms with Crippen LogP contribution in [0.1, 0.15) is 12.5 Å². The average molecular weight is 374 g/mol. The van der Waals surface area contributed by atoms with Gasteiger partial charge < -0.3 is 9.47 Å². The summed E-state index contributed by atoms with van der Waals surface area (Å²) in [7, 11) is 0. The van der Waals surface area contributed by atoms with E-state index in [4.69, 9.17) is 9.47 Å². The Morgan fingerprint density at radius 1 is 1.22 bits per heavy atom. The molecule has 2 aliphatic heterocycles. The number of hydrogen-bond donors (Lipinski definition) is 0. The molecular formula is C23H18O3S. The van der Waals surface area contributed by atoms with Gasteiger partial charge in [0.2, 0.25) is 0 Å². The molecule has 0 bridgehead atoms. The maximum atomic E-state index is 12.3. The normalized spacial score (nSPS) is 17.4. The van der Waals surface area contributed by atoms with Crippen LogP contribution in [0.3, 0.4) is 0 Å². The Morgan fingerprint density at radius 2 is 2.11 bits per heavy atom. The van der Waals surface area contributed by atoms with Crippen molar-refractivity contribution in [2.75, 3.05) is 6.61 Å². The maximum absolute atomic E-state index is 12.3. The highest BCUT2D eigenvalue weighted by Crippen LogP contribution is 2.36. The van der Waals surface area contributed by atoms with E-state index in [1.165, 1.54) is 10.9 Å². The van der Waals surface area contributed by atoms with Crippen LogP contribution in [0.2, 0.25) is 0 Å². The molecule has 0 N–H and O–H groups in total. The van der Waals surface area contributed by atoms with Gasteiger partial charge in [-0.15, -0.1) is 11.8 Å². The summed E-state index contributed by atoms with van der Waals surface area (Å²) < 4.78 is 11.1. The number of hydrogen-bond acceptors (Lipinski definition) is 4. The highest BCUT2D eigenvalue weighted by atomic mass is 32.2. The molecule has 0 amide bonds. The second-order valence-electron chi connectivity index (χ2n) is 6.64. The van der Waals surface area contributed by atoms with Crippen LogP contribution in [0.15, 0.2) is 48.7 Å². The zero-order valence-corrected chi connectivity index (χ0v) is 15.7. The highest BCUT2D eigenvalue weighted by Gasteiger charge is 2.23. The summed E-state index contributed by atoms with van der Waals surface area (Å²) in [6, 6.07) is 12.8. The fourth-order valence-corrected chi connectivity index (χ4v) is 4.92. The van der Waals surface area contributed by atoms with Gasteiger partial charge in [-0.3, -0.25) is 4.79 Å². The quantitative estimate of drug-likeness (QED) is 0.642. The molecular weight excluding hydrogens is 356 g/mol. The number of allylic oxidation sites excluding steroid dienone is 1. The van der Waals surface area contributed by atoms with E-state index in [9.17, 15) is 4.79 Å². The van der Waals surface area contributed by atoms with Crippen molar-refractivity contribution in [2.24, 2.45) is 0 Å². The molecule has 1 atom stereocenters. The zero-order valence-electron chi connectivity index (χ0n) is 14.9. The number of benzene rings is 1. The molecule has 134 valence electrons. The Morgan fingerprint density at radius 3 is 3.00 bits per heavy atom. The van der Waals surface area contributed by atoms with E-state index in [1.54, 1.807) is 18.0 Å². The predicted octanol–water partition coefficient (Wildman–Crippen LogP) is 3.59. The monoisotopic (exact) mass is 374 g/mol. The summed E-state index contributed by atoms with van der Waals surface area (Å²) in [6.45, 7) is 2.25. The Bertz CT molecular complexity index is 1190. The van der Waals surface area contributed by atoms with Crippen molar-refractivity contribution >= 4 is 40.7 Å². The average Bonchev–Trinajstić information content (AvgIpc) is 3.13. The third kappa shape index (κ3) is 2.63. The Kier molecular flexibility index (Phi) is 3.94. The van der Waals surface area contributed by atoms with E-state index < -0.39 is 0 Å². The van der Waals surface area contributed by atoms with Gasteiger partial charge in [0.25, 0.3) is 0 Å². The molecule has 27 heavy (non-hydrogen) atoms. The lowest BCUT2D eigenvalue weighted by atomic mass is 10.0. The standard InChI is InChI=1S/C23H18O3S/c1-2-25-23(24)21-12-19-15(13-27-21)8-9-17-16-6-3-7-18(16)22-14(11-20(17)19)5-4-10-26-22/h3-12,21H,2,13H2,1H3. The third-order valence-corrected chi connectivity index (χ3v) is 6.25. The fourth-order valence-electron chi connectivity index (χ4n) is 3.87. The van der Waals surface area contributed by atoms with Crippen molar-refractivity contribution in [3.8, 4) is 16.9 Å². The summed E-state index contributed by atoms with van der Waals surface area (Å²) in [6.07, 6.45) is 7.77. The zero-order chi connectivity index (χ0) is 18.4. The molecule has 0 spiro atoms. The molecule has 2 aliphatic carbocycles. The van der Waals surface area contributed by atoms with Crippen molar-refractivity contribution < 1.29 is 14.3 Å². The SMILES string of the molecule is CCOC(=O)C1C=c2c(ccc3c4cccc-4c4c(cc23)=CC=CO4)CS1. The lowest BCUT2D eigenvalue weighted by molar-refractivity contribution is -0.141. The maximum Gasteiger partial charge on any atom is 0.323 e. The Labute approximate surface area is 161 Å². The molecule has 0 fully saturated rings. The Hall–Kier alpha value is -2.72. The van der Waals surface area contributed by atoms with Crippen molar-refractivity contribution in [2.45, 2.75) is 17.9 Å². The van der Waals surface area contributed by atoms with Crippen LogP contribution in [-0.2, 0) is 15.3 Å². The summed E-state index contributed by atoms with van der Waals surface area (Å²) in [5.74, 6) is 1.52. The lowest BCUT2D eigenvalue weighted by Crippen LogP contribution is -2.26. The minimum absolute atomic E-state index is 0.163. The number of rotatable bonds is 2. The topological polar surface area (TPSA) is 35.5 Å². The molecule has 0 saturated carbocycles. The van der Waals surface area contributed by atoms with Gasteiger partial charge in [0.05, 0.1) is 12.9 Å². The Balaban J connectivity index is 1.86. The van der Waals surface area contributed by atoms with Crippen LogP contribution in [0.25, 0.3) is 34.1 Å². The van der Waals surface area contributed by atoms with E-state index in [-0.39, 0.29) is 11.2 Å². The van der Waals surface area contributed by atoms with E-state index >= 15 is 0 Å². The predicted molar refractivity (Wildman–Crippen MR) is 110 cm³/mol. The summed E-state index contributed by atoms with van der Waals surface area (Å²) in [5.41, 5.74) is 3.52. The molecule has 0 saturated heterocycles. The number of carbonyl (C=O) groups excluding carboxylic acids is 1. The second kappa shape index (κ2) is 6.46. The molecule has 1 unspecified atom stereocenters. The first-order valence-corrected chi connectivity index (χ1v) is 10.1. The van der Waals surface area contributed by atoms with E-state index in [2.05, 4.69) is 48.6 Å². The largest absolute Gasteiger partial charge is 0.465 e.